The van der Waals surface area contributed by atoms with Crippen molar-refractivity contribution in [3.8, 4) is 0 Å². The Morgan fingerprint density at radius 1 is 1.08 bits per heavy atom. The monoisotopic (exact) mass is 570 g/mol. The molecule has 3 atom stereocenters. The van der Waals surface area contributed by atoms with Gasteiger partial charge < -0.3 is 24.4 Å². The molecule has 0 radical (unpaired) electrons. The Kier molecular flexibility index (Phi) is 15.0. The van der Waals surface area contributed by atoms with Crippen LogP contribution >= 0.6 is 29.4 Å². The number of hydrogen-bond acceptors (Lipinski definition) is 9. The van der Waals surface area contributed by atoms with Gasteiger partial charge in [-0.15, -0.1) is 0 Å². The van der Waals surface area contributed by atoms with Gasteiger partial charge in [-0.1, -0.05) is 47.3 Å². The number of ether oxygens (including phenoxy) is 2. The van der Waals surface area contributed by atoms with E-state index >= 15 is 0 Å². The van der Waals surface area contributed by atoms with E-state index in [2.05, 4.69) is 4.98 Å². The third kappa shape index (κ3) is 12.3. The smallest absolute Gasteiger partial charge is 0.396 e. The fourth-order valence-electron chi connectivity index (χ4n) is 3.77. The highest BCUT2D eigenvalue weighted by Crippen LogP contribution is 2.43. The molecule has 1 aliphatic rings. The van der Waals surface area contributed by atoms with Crippen LogP contribution in [0.1, 0.15) is 69.6 Å². The highest BCUT2D eigenvalue weighted by Gasteiger charge is 2.41. The first kappa shape index (κ1) is 31.6. The molecule has 1 aromatic heterocycles. The maximum atomic E-state index is 12.2. The quantitative estimate of drug-likeness (QED) is 0.110. The Morgan fingerprint density at radius 3 is 2.36 bits per heavy atom. The second kappa shape index (κ2) is 17.1. The van der Waals surface area contributed by atoms with Crippen molar-refractivity contribution in [1.29, 1.82) is 0 Å². The van der Waals surface area contributed by atoms with Crippen LogP contribution in [0, 0.1) is 6.92 Å². The molecule has 0 aliphatic carbocycles. The number of nitrogens with one attached hydrogen (secondary N) is 1. The minimum atomic E-state index is -4.77. The molecule has 11 nitrogen and oxygen atoms in total. The number of nitrogens with zero attached hydrogens (tertiary/aromatic N) is 1. The van der Waals surface area contributed by atoms with Crippen LogP contribution in [-0.2, 0) is 18.6 Å². The van der Waals surface area contributed by atoms with Gasteiger partial charge >= 0.3 is 13.5 Å². The van der Waals surface area contributed by atoms with Gasteiger partial charge in [-0.2, -0.15) is 0 Å². The first-order valence-electron chi connectivity index (χ1n) is 12.4. The zero-order valence-corrected chi connectivity index (χ0v) is 23.2. The van der Waals surface area contributed by atoms with Gasteiger partial charge in [-0.25, -0.2) is 9.36 Å². The van der Waals surface area contributed by atoms with Crippen molar-refractivity contribution < 1.29 is 33.5 Å². The van der Waals surface area contributed by atoms with Gasteiger partial charge in [0.2, 0.25) is 0 Å². The highest BCUT2D eigenvalue weighted by atomic mass is 33.1. The number of aromatic nitrogens is 2. The van der Waals surface area contributed by atoms with Crippen LogP contribution in [0.25, 0.3) is 0 Å². The Bertz CT molecular complexity index is 924. The summed E-state index contributed by atoms with van der Waals surface area (Å²) in [6.07, 6.45) is 7.33. The molecule has 1 aromatic rings. The summed E-state index contributed by atoms with van der Waals surface area (Å²) in [6, 6.07) is 0. The third-order valence-electron chi connectivity index (χ3n) is 5.68. The molecule has 2 rings (SSSR count). The number of H-pyrrole nitrogens is 1. The van der Waals surface area contributed by atoms with Crippen LogP contribution in [0.2, 0.25) is 0 Å². The van der Waals surface area contributed by atoms with Crippen LogP contribution in [-0.4, -0.2) is 68.0 Å². The number of rotatable bonds is 19. The Morgan fingerprint density at radius 2 is 1.72 bits per heavy atom. The van der Waals surface area contributed by atoms with E-state index in [9.17, 15) is 23.9 Å². The Labute approximate surface area is 219 Å². The predicted molar refractivity (Wildman–Crippen MR) is 141 cm³/mol. The van der Waals surface area contributed by atoms with Crippen LogP contribution in [0.3, 0.4) is 0 Å². The standard InChI is InChI=1S/C22H39N2O9PS2/c1-17-15-24(22(27)23-21(17)26)20-14-18(33-34(28,29)30)19(32-20)16-31-11-7-3-5-9-13-36-35-12-8-4-2-6-10-25/h15,18-20,25H,2-14,16H2,1H3,(H,23,26,27)(H2,28,29,30)/t18-,19+,20+/m0/s1. The van der Waals surface area contributed by atoms with Crippen molar-refractivity contribution in [3.63, 3.8) is 0 Å². The SMILES string of the molecule is Cc1cn([C@H]2C[C@H](OP(=O)(O)O)[C@@H](COCCCCCCSSCCCCCCO)O2)c(=O)[nH]c1=O. The van der Waals surface area contributed by atoms with Crippen molar-refractivity contribution in [3.05, 3.63) is 32.6 Å². The highest BCUT2D eigenvalue weighted by molar-refractivity contribution is 8.76. The molecule has 1 fully saturated rings. The lowest BCUT2D eigenvalue weighted by Crippen LogP contribution is -2.33. The molecule has 1 saturated heterocycles. The van der Waals surface area contributed by atoms with Gasteiger partial charge in [-0.3, -0.25) is 18.9 Å². The maximum absolute atomic E-state index is 12.2. The van der Waals surface area contributed by atoms with Crippen LogP contribution in [0.4, 0.5) is 0 Å². The summed E-state index contributed by atoms with van der Waals surface area (Å²) in [5.74, 6) is 2.27. The van der Waals surface area contributed by atoms with Gasteiger partial charge in [-0.05, 0) is 32.6 Å². The van der Waals surface area contributed by atoms with E-state index in [-0.39, 0.29) is 19.6 Å². The second-order valence-electron chi connectivity index (χ2n) is 8.75. The zero-order chi connectivity index (χ0) is 26.4. The first-order valence-corrected chi connectivity index (χ1v) is 16.4. The normalized spacial score (nSPS) is 20.3. The minimum absolute atomic E-state index is 0.0306. The zero-order valence-electron chi connectivity index (χ0n) is 20.7. The number of aliphatic hydroxyl groups excluding tert-OH is 1. The van der Waals surface area contributed by atoms with Gasteiger partial charge in [0, 0.05) is 42.9 Å². The van der Waals surface area contributed by atoms with Crippen molar-refractivity contribution in [1.82, 2.24) is 9.55 Å². The molecule has 0 unspecified atom stereocenters. The van der Waals surface area contributed by atoms with Crippen molar-refractivity contribution in [2.75, 3.05) is 31.3 Å². The number of hydrogen-bond donors (Lipinski definition) is 4. The number of phosphoric ester groups is 1. The molecule has 0 saturated carbocycles. The van der Waals surface area contributed by atoms with Crippen LogP contribution < -0.4 is 11.2 Å². The second-order valence-corrected chi connectivity index (χ2v) is 12.6. The largest absolute Gasteiger partial charge is 0.469 e. The van der Waals surface area contributed by atoms with E-state index in [1.54, 1.807) is 6.92 Å². The van der Waals surface area contributed by atoms with E-state index in [4.69, 9.17) is 19.1 Å². The summed E-state index contributed by atoms with van der Waals surface area (Å²) >= 11 is 0. The summed E-state index contributed by atoms with van der Waals surface area (Å²) in [5, 5.41) is 8.75. The number of unbranched alkanes of at least 4 members (excludes halogenated alkanes) is 6. The maximum Gasteiger partial charge on any atom is 0.469 e. The number of phosphoric acid groups is 1. The molecule has 208 valence electrons. The molecular weight excluding hydrogens is 531 g/mol. The number of aryl methyl sites for hydroxylation is 1. The minimum Gasteiger partial charge on any atom is -0.396 e. The molecule has 1 aliphatic heterocycles. The summed E-state index contributed by atoms with van der Waals surface area (Å²) < 4.78 is 29.0. The lowest BCUT2D eigenvalue weighted by Gasteiger charge is -2.19. The number of aromatic amines is 1. The fourth-order valence-corrected chi connectivity index (χ4v) is 6.64. The summed E-state index contributed by atoms with van der Waals surface area (Å²) in [7, 11) is -0.951. The molecule has 4 N–H and O–H groups in total. The van der Waals surface area contributed by atoms with Gasteiger partial charge in [0.1, 0.15) is 18.4 Å². The van der Waals surface area contributed by atoms with Gasteiger partial charge in [0.05, 0.1) is 6.61 Å². The molecule has 0 amide bonds. The molecule has 2 heterocycles. The molecule has 0 bridgehead atoms. The van der Waals surface area contributed by atoms with Crippen molar-refractivity contribution >= 4 is 29.4 Å². The van der Waals surface area contributed by atoms with E-state index in [0.717, 1.165) is 50.0 Å². The average Bonchev–Trinajstić information content (AvgIpc) is 3.19. The molecular formula is C22H39N2O9PS2. The van der Waals surface area contributed by atoms with Gasteiger partial charge in [0.25, 0.3) is 5.56 Å². The lowest BCUT2D eigenvalue weighted by molar-refractivity contribution is -0.0630. The number of aliphatic hydroxyl groups is 1. The van der Waals surface area contributed by atoms with Crippen LogP contribution in [0.15, 0.2) is 15.8 Å². The van der Waals surface area contributed by atoms with E-state index in [1.807, 2.05) is 21.6 Å². The Hall–Kier alpha value is -0.630. The summed E-state index contributed by atoms with van der Waals surface area (Å²) in [6.45, 7) is 2.39. The Balaban J connectivity index is 1.64. The predicted octanol–water partition coefficient (Wildman–Crippen LogP) is 3.12. The van der Waals surface area contributed by atoms with Crippen molar-refractivity contribution in [2.45, 2.75) is 83.1 Å². The van der Waals surface area contributed by atoms with E-state index in [1.165, 1.54) is 23.6 Å². The average molecular weight is 571 g/mol. The van der Waals surface area contributed by atoms with Gasteiger partial charge in [0.15, 0.2) is 0 Å². The molecule has 14 heteroatoms. The van der Waals surface area contributed by atoms with E-state index < -0.39 is 37.5 Å². The summed E-state index contributed by atoms with van der Waals surface area (Å²) in [5.41, 5.74) is -0.849. The fraction of sp³-hybridized carbons (Fsp3) is 0.818. The topological polar surface area (TPSA) is 160 Å². The summed E-state index contributed by atoms with van der Waals surface area (Å²) in [4.78, 5) is 44.5. The first-order chi connectivity index (χ1) is 17.2. The lowest BCUT2D eigenvalue weighted by atomic mass is 10.2. The molecule has 36 heavy (non-hydrogen) atoms. The van der Waals surface area contributed by atoms with Crippen molar-refractivity contribution in [2.24, 2.45) is 0 Å². The molecule has 0 aromatic carbocycles. The van der Waals surface area contributed by atoms with Crippen LogP contribution in [0.5, 0.6) is 0 Å². The van der Waals surface area contributed by atoms with E-state index in [0.29, 0.717) is 12.2 Å². The molecule has 0 spiro atoms. The third-order valence-corrected chi connectivity index (χ3v) is 8.80.